The fourth-order valence-corrected chi connectivity index (χ4v) is 4.49. The van der Waals surface area contributed by atoms with Crippen molar-refractivity contribution in [2.45, 2.75) is 32.8 Å². The first-order valence-electron chi connectivity index (χ1n) is 10.2. The van der Waals surface area contributed by atoms with E-state index in [1.54, 1.807) is 57.2 Å². The zero-order valence-corrected chi connectivity index (χ0v) is 21.8. The minimum atomic E-state index is -0.632. The van der Waals surface area contributed by atoms with Crippen molar-refractivity contribution in [3.63, 3.8) is 0 Å². The van der Waals surface area contributed by atoms with E-state index in [-0.39, 0.29) is 31.3 Å². The highest BCUT2D eigenvalue weighted by atomic mass is 35.5. The number of ether oxygens (including phenoxy) is 1. The van der Waals surface area contributed by atoms with Crippen LogP contribution in [0.2, 0.25) is 10.0 Å². The Balaban J connectivity index is 1.57. The fourth-order valence-electron chi connectivity index (χ4n) is 2.91. The van der Waals surface area contributed by atoms with Crippen molar-refractivity contribution in [2.24, 2.45) is 0 Å². The first-order valence-corrected chi connectivity index (χ1v) is 12.2. The van der Waals surface area contributed by atoms with Gasteiger partial charge < -0.3 is 14.5 Å². The van der Waals surface area contributed by atoms with E-state index in [2.05, 4.69) is 5.32 Å². The summed E-state index contributed by atoms with van der Waals surface area (Å²) in [6, 6.07) is 8.65. The average Bonchev–Trinajstić information content (AvgIpc) is 3.30. The van der Waals surface area contributed by atoms with Gasteiger partial charge in [0.2, 0.25) is 5.91 Å². The van der Waals surface area contributed by atoms with Crippen molar-refractivity contribution in [2.75, 3.05) is 13.1 Å². The Labute approximate surface area is 216 Å². The summed E-state index contributed by atoms with van der Waals surface area (Å²) in [5, 5.41) is 3.34. The molecule has 0 unspecified atom stereocenters. The summed E-state index contributed by atoms with van der Waals surface area (Å²) in [5.41, 5.74) is 0.117. The van der Waals surface area contributed by atoms with Crippen molar-refractivity contribution in [3.05, 3.63) is 51.0 Å². The maximum absolute atomic E-state index is 12.8. The second kappa shape index (κ2) is 10.9. The number of nitrogens with one attached hydrogen (secondary N) is 1. The number of benzene rings is 1. The highest BCUT2D eigenvalue weighted by Crippen LogP contribution is 2.34. The molecule has 1 fully saturated rings. The van der Waals surface area contributed by atoms with Gasteiger partial charge in [-0.05, 0) is 51.1 Å². The molecular formula is C23H22Cl2N2O5S2. The molecule has 2 aromatic rings. The van der Waals surface area contributed by atoms with Crippen LogP contribution in [0.15, 0.2) is 39.7 Å². The molecule has 0 atom stereocenters. The Morgan fingerprint density at radius 1 is 1.21 bits per heavy atom. The molecule has 11 heteroatoms. The lowest BCUT2D eigenvalue weighted by Gasteiger charge is -2.19. The van der Waals surface area contributed by atoms with E-state index >= 15 is 0 Å². The lowest BCUT2D eigenvalue weighted by atomic mass is 10.2. The Hall–Kier alpha value is -2.33. The van der Waals surface area contributed by atoms with Gasteiger partial charge in [0.1, 0.15) is 28.0 Å². The number of carbonyl (C=O) groups is 3. The maximum Gasteiger partial charge on any atom is 0.325 e. The molecule has 1 aromatic heterocycles. The van der Waals surface area contributed by atoms with Crippen LogP contribution in [0.5, 0.6) is 0 Å². The Kier molecular flexibility index (Phi) is 8.46. The number of thioether (sulfide) groups is 1. The first-order chi connectivity index (χ1) is 15.9. The molecule has 1 aliphatic rings. The molecule has 1 aromatic carbocycles. The molecule has 2 amide bonds. The van der Waals surface area contributed by atoms with Crippen LogP contribution in [0.25, 0.3) is 17.4 Å². The van der Waals surface area contributed by atoms with Crippen molar-refractivity contribution >= 4 is 75.4 Å². The number of thiocarbonyl (C=S) groups is 1. The molecule has 0 aliphatic carbocycles. The predicted molar refractivity (Wildman–Crippen MR) is 138 cm³/mol. The summed E-state index contributed by atoms with van der Waals surface area (Å²) in [7, 11) is 0. The van der Waals surface area contributed by atoms with E-state index < -0.39 is 11.6 Å². The second-order valence-corrected chi connectivity index (χ2v) is 10.8. The third kappa shape index (κ3) is 7.09. The number of hydrogen-bond donors (Lipinski definition) is 1. The van der Waals surface area contributed by atoms with E-state index in [1.807, 2.05) is 0 Å². The molecule has 0 saturated carbocycles. The zero-order chi connectivity index (χ0) is 25.0. The van der Waals surface area contributed by atoms with E-state index in [0.29, 0.717) is 30.8 Å². The number of halogens is 2. The van der Waals surface area contributed by atoms with E-state index in [0.717, 1.165) is 17.3 Å². The molecule has 2 heterocycles. The van der Waals surface area contributed by atoms with E-state index in [4.69, 9.17) is 44.6 Å². The molecular weight excluding hydrogens is 519 g/mol. The summed E-state index contributed by atoms with van der Waals surface area (Å²) in [4.78, 5) is 38.3. The second-order valence-electron chi connectivity index (χ2n) is 8.28. The minimum absolute atomic E-state index is 0.00918. The van der Waals surface area contributed by atoms with Crippen LogP contribution in [0.1, 0.15) is 33.0 Å². The number of furan rings is 1. The number of hydrogen-bond acceptors (Lipinski definition) is 7. The van der Waals surface area contributed by atoms with Crippen LogP contribution in [0.4, 0.5) is 0 Å². The van der Waals surface area contributed by atoms with E-state index in [1.165, 1.54) is 4.90 Å². The smallest absolute Gasteiger partial charge is 0.325 e. The van der Waals surface area contributed by atoms with E-state index in [9.17, 15) is 14.4 Å². The van der Waals surface area contributed by atoms with Crippen molar-refractivity contribution in [3.8, 4) is 11.3 Å². The minimum Gasteiger partial charge on any atom is -0.459 e. The molecule has 0 bridgehead atoms. The normalized spacial score (nSPS) is 15.2. The number of nitrogens with zero attached hydrogens (tertiary/aromatic N) is 1. The fraction of sp³-hybridized carbons (Fsp3) is 0.304. The molecule has 3 rings (SSSR count). The standard InChI is InChI=1S/C23H22Cl2N2O5S2/c1-23(2,3)32-20(29)12-26-19(28)8-9-27-21(30)18(34-22(27)33)11-14-5-7-17(31-14)13-4-6-15(24)16(25)10-13/h4-7,10-11H,8-9,12H2,1-3H3,(H,26,28). The van der Waals surface area contributed by atoms with Gasteiger partial charge in [-0.25, -0.2) is 0 Å². The van der Waals surface area contributed by atoms with Crippen LogP contribution in [0, 0.1) is 0 Å². The van der Waals surface area contributed by atoms with Gasteiger partial charge in [-0.3, -0.25) is 19.3 Å². The monoisotopic (exact) mass is 540 g/mol. The summed E-state index contributed by atoms with van der Waals surface area (Å²) in [6.07, 6.45) is 1.59. The summed E-state index contributed by atoms with van der Waals surface area (Å²) in [6.45, 7) is 5.08. The van der Waals surface area contributed by atoms with Gasteiger partial charge >= 0.3 is 5.97 Å². The molecule has 7 nitrogen and oxygen atoms in total. The van der Waals surface area contributed by atoms with Gasteiger partial charge in [0.25, 0.3) is 5.91 Å². The summed E-state index contributed by atoms with van der Waals surface area (Å²) >= 11 is 18.4. The average molecular weight is 541 g/mol. The van der Waals surface area contributed by atoms with Gasteiger partial charge in [0.05, 0.1) is 15.0 Å². The molecule has 180 valence electrons. The molecule has 0 spiro atoms. The van der Waals surface area contributed by atoms with Gasteiger partial charge in [0.15, 0.2) is 0 Å². The maximum atomic E-state index is 12.8. The van der Waals surface area contributed by atoms with Crippen LogP contribution in [0.3, 0.4) is 0 Å². The number of esters is 1. The van der Waals surface area contributed by atoms with Crippen molar-refractivity contribution < 1.29 is 23.5 Å². The van der Waals surface area contributed by atoms with Crippen molar-refractivity contribution in [1.29, 1.82) is 0 Å². The predicted octanol–water partition coefficient (Wildman–Crippen LogP) is 5.30. The van der Waals surface area contributed by atoms with Gasteiger partial charge in [-0.2, -0.15) is 0 Å². The molecule has 34 heavy (non-hydrogen) atoms. The highest BCUT2D eigenvalue weighted by molar-refractivity contribution is 8.26. The van der Waals surface area contributed by atoms with Crippen molar-refractivity contribution in [1.82, 2.24) is 10.2 Å². The molecule has 1 aliphatic heterocycles. The third-order valence-corrected chi connectivity index (χ3v) is 6.51. The van der Waals surface area contributed by atoms with Crippen LogP contribution < -0.4 is 5.32 Å². The Morgan fingerprint density at radius 2 is 1.94 bits per heavy atom. The van der Waals surface area contributed by atoms with Gasteiger partial charge in [-0.15, -0.1) is 0 Å². The Bertz CT molecular complexity index is 1170. The Morgan fingerprint density at radius 3 is 2.62 bits per heavy atom. The number of rotatable bonds is 7. The molecule has 1 saturated heterocycles. The first kappa shape index (κ1) is 26.3. The SMILES string of the molecule is CC(C)(C)OC(=O)CNC(=O)CCN1C(=O)C(=Cc2ccc(-c3ccc(Cl)c(Cl)c3)o2)SC1=S. The largest absolute Gasteiger partial charge is 0.459 e. The highest BCUT2D eigenvalue weighted by Gasteiger charge is 2.32. The van der Waals surface area contributed by atoms with Gasteiger partial charge in [0, 0.05) is 24.6 Å². The summed E-state index contributed by atoms with van der Waals surface area (Å²) < 4.78 is 11.3. The zero-order valence-electron chi connectivity index (χ0n) is 18.6. The summed E-state index contributed by atoms with van der Waals surface area (Å²) in [5.74, 6) is -0.199. The number of carbonyl (C=O) groups excluding carboxylic acids is 3. The molecule has 1 N–H and O–H groups in total. The quantitative estimate of drug-likeness (QED) is 0.289. The van der Waals surface area contributed by atoms with Crippen LogP contribution in [-0.4, -0.2) is 45.7 Å². The third-order valence-electron chi connectivity index (χ3n) is 4.39. The number of amides is 2. The van der Waals surface area contributed by atoms with Crippen LogP contribution >= 0.6 is 47.2 Å². The van der Waals surface area contributed by atoms with Gasteiger partial charge in [-0.1, -0.05) is 47.2 Å². The van der Waals surface area contributed by atoms with Crippen LogP contribution in [-0.2, 0) is 19.1 Å². The molecule has 0 radical (unpaired) electrons. The topological polar surface area (TPSA) is 88.9 Å². The lowest BCUT2D eigenvalue weighted by Crippen LogP contribution is -2.37. The lowest BCUT2D eigenvalue weighted by molar-refractivity contribution is -0.154.